The van der Waals surface area contributed by atoms with E-state index in [1.54, 1.807) is 31.4 Å². The highest BCUT2D eigenvalue weighted by molar-refractivity contribution is 6.32. The van der Waals surface area contributed by atoms with Gasteiger partial charge >= 0.3 is 0 Å². The summed E-state index contributed by atoms with van der Waals surface area (Å²) in [5.74, 6) is 1.00. The number of anilines is 1. The number of amides is 1. The number of halogens is 1. The summed E-state index contributed by atoms with van der Waals surface area (Å²) in [7, 11) is 3.13. The highest BCUT2D eigenvalue weighted by atomic mass is 35.5. The number of benzene rings is 2. The first kappa shape index (κ1) is 17.2. The van der Waals surface area contributed by atoms with Crippen molar-refractivity contribution < 1.29 is 18.7 Å². The van der Waals surface area contributed by atoms with E-state index < -0.39 is 5.91 Å². The molecule has 1 amide bonds. The second-order valence-corrected chi connectivity index (χ2v) is 6.26. The second-order valence-electron chi connectivity index (χ2n) is 5.86. The van der Waals surface area contributed by atoms with Gasteiger partial charge in [-0.3, -0.25) is 4.79 Å². The quantitative estimate of drug-likeness (QED) is 0.543. The molecule has 1 N–H and O–H groups in total. The van der Waals surface area contributed by atoms with E-state index in [2.05, 4.69) is 10.3 Å². The number of fused-ring (bicyclic) bond motifs is 2. The summed E-state index contributed by atoms with van der Waals surface area (Å²) in [5.41, 5.74) is 1.65. The molecule has 136 valence electrons. The summed E-state index contributed by atoms with van der Waals surface area (Å²) in [4.78, 5) is 17.0. The fourth-order valence-electron chi connectivity index (χ4n) is 2.78. The summed E-state index contributed by atoms with van der Waals surface area (Å²) in [6.45, 7) is 0. The molecule has 0 aliphatic carbocycles. The fraction of sp³-hybridized carbons (Fsp3) is 0.100. The predicted octanol–water partition coefficient (Wildman–Crippen LogP) is 4.90. The van der Waals surface area contributed by atoms with E-state index in [-0.39, 0.29) is 5.76 Å². The topological polar surface area (TPSA) is 73.6 Å². The van der Waals surface area contributed by atoms with Crippen LogP contribution in [-0.4, -0.2) is 25.1 Å². The number of pyridine rings is 1. The molecule has 27 heavy (non-hydrogen) atoms. The molecule has 7 heteroatoms. The summed E-state index contributed by atoms with van der Waals surface area (Å²) in [5, 5.41) is 4.83. The Bertz CT molecular complexity index is 1170. The van der Waals surface area contributed by atoms with E-state index in [9.17, 15) is 4.79 Å². The molecule has 2 heterocycles. The molecule has 0 unspecified atom stereocenters. The molecular formula is C20H15ClN2O4. The second kappa shape index (κ2) is 6.81. The van der Waals surface area contributed by atoms with Gasteiger partial charge in [-0.15, -0.1) is 0 Å². The van der Waals surface area contributed by atoms with E-state index >= 15 is 0 Å². The van der Waals surface area contributed by atoms with E-state index in [4.69, 9.17) is 25.5 Å². The van der Waals surface area contributed by atoms with Gasteiger partial charge in [0, 0.05) is 22.5 Å². The number of carbonyl (C=O) groups is 1. The average Bonchev–Trinajstić information content (AvgIpc) is 3.08. The molecule has 0 spiro atoms. The molecule has 4 rings (SSSR count). The van der Waals surface area contributed by atoms with Crippen LogP contribution in [0, 0.1) is 0 Å². The molecule has 0 fully saturated rings. The minimum atomic E-state index is -0.393. The Labute approximate surface area is 159 Å². The normalized spacial score (nSPS) is 10.9. The molecular weight excluding hydrogens is 368 g/mol. The number of nitrogens with one attached hydrogen (secondary N) is 1. The smallest absolute Gasteiger partial charge is 0.291 e. The standard InChI is InChI=1S/C20H15ClN2O4/c1-25-14-5-3-11-7-12-8-18(27-20(12)23-16(11)10-14)19(24)22-13-4-6-17(26-2)15(21)9-13/h3-10H,1-2H3,(H,22,24). The minimum absolute atomic E-state index is 0.159. The fourth-order valence-corrected chi connectivity index (χ4v) is 3.04. The molecule has 0 atom stereocenters. The van der Waals surface area contributed by atoms with E-state index in [1.165, 1.54) is 7.11 Å². The van der Waals surface area contributed by atoms with Gasteiger partial charge in [-0.1, -0.05) is 11.6 Å². The monoisotopic (exact) mass is 382 g/mol. The molecule has 0 aliphatic heterocycles. The molecule has 0 saturated carbocycles. The maximum atomic E-state index is 12.5. The molecule has 4 aromatic rings. The Kier molecular flexibility index (Phi) is 4.33. The van der Waals surface area contributed by atoms with E-state index in [1.807, 2.05) is 24.3 Å². The third kappa shape index (κ3) is 3.27. The highest BCUT2D eigenvalue weighted by Crippen LogP contribution is 2.29. The number of nitrogens with zero attached hydrogens (tertiary/aromatic N) is 1. The average molecular weight is 383 g/mol. The lowest BCUT2D eigenvalue weighted by atomic mass is 10.2. The maximum Gasteiger partial charge on any atom is 0.291 e. The molecule has 0 bridgehead atoms. The first-order valence-corrected chi connectivity index (χ1v) is 8.48. The number of rotatable bonds is 4. The zero-order valence-corrected chi connectivity index (χ0v) is 15.3. The van der Waals surface area contributed by atoms with Gasteiger partial charge in [0.15, 0.2) is 5.76 Å². The van der Waals surface area contributed by atoms with Gasteiger partial charge in [0.05, 0.1) is 24.8 Å². The summed E-state index contributed by atoms with van der Waals surface area (Å²) in [6.07, 6.45) is 0. The molecule has 0 aliphatic rings. The third-order valence-electron chi connectivity index (χ3n) is 4.14. The van der Waals surface area contributed by atoms with Gasteiger partial charge in [0.1, 0.15) is 11.5 Å². The highest BCUT2D eigenvalue weighted by Gasteiger charge is 2.15. The molecule has 6 nitrogen and oxygen atoms in total. The van der Waals surface area contributed by atoms with Crippen molar-refractivity contribution in [3.8, 4) is 11.5 Å². The predicted molar refractivity (Wildman–Crippen MR) is 104 cm³/mol. The van der Waals surface area contributed by atoms with Crippen LogP contribution in [0.15, 0.2) is 52.9 Å². The third-order valence-corrected chi connectivity index (χ3v) is 4.44. The lowest BCUT2D eigenvalue weighted by molar-refractivity contribution is 0.0998. The zero-order chi connectivity index (χ0) is 19.0. The first-order chi connectivity index (χ1) is 13.1. The van der Waals surface area contributed by atoms with Crippen molar-refractivity contribution in [2.45, 2.75) is 0 Å². The number of hydrogen-bond donors (Lipinski definition) is 1. The van der Waals surface area contributed by atoms with Crippen molar-refractivity contribution in [3.05, 3.63) is 59.3 Å². The van der Waals surface area contributed by atoms with E-state index in [0.29, 0.717) is 27.9 Å². The van der Waals surface area contributed by atoms with Gasteiger partial charge in [0.2, 0.25) is 5.71 Å². The van der Waals surface area contributed by atoms with Crippen LogP contribution in [0.3, 0.4) is 0 Å². The summed E-state index contributed by atoms with van der Waals surface area (Å²) in [6, 6.07) is 14.1. The van der Waals surface area contributed by atoms with Crippen molar-refractivity contribution >= 4 is 45.2 Å². The van der Waals surface area contributed by atoms with Crippen LogP contribution >= 0.6 is 11.6 Å². The number of aromatic nitrogens is 1. The van der Waals surface area contributed by atoms with Gasteiger partial charge in [-0.2, -0.15) is 0 Å². The minimum Gasteiger partial charge on any atom is -0.497 e. The van der Waals surface area contributed by atoms with Gasteiger partial charge < -0.3 is 19.2 Å². The number of ether oxygens (including phenoxy) is 2. The van der Waals surface area contributed by atoms with Gasteiger partial charge in [-0.05, 0) is 42.5 Å². The van der Waals surface area contributed by atoms with Crippen LogP contribution < -0.4 is 14.8 Å². The van der Waals surface area contributed by atoms with Crippen molar-refractivity contribution in [2.24, 2.45) is 0 Å². The van der Waals surface area contributed by atoms with Gasteiger partial charge in [-0.25, -0.2) is 4.98 Å². The van der Waals surface area contributed by atoms with E-state index in [0.717, 1.165) is 16.3 Å². The van der Waals surface area contributed by atoms with Crippen molar-refractivity contribution in [2.75, 3.05) is 19.5 Å². The van der Waals surface area contributed by atoms with Crippen LogP contribution in [0.1, 0.15) is 10.6 Å². The number of hydrogen-bond acceptors (Lipinski definition) is 5. The van der Waals surface area contributed by atoms with Crippen LogP contribution in [0.4, 0.5) is 5.69 Å². The summed E-state index contributed by atoms with van der Waals surface area (Å²) >= 11 is 6.09. The Morgan fingerprint density at radius 2 is 1.89 bits per heavy atom. The Morgan fingerprint density at radius 3 is 2.63 bits per heavy atom. The zero-order valence-electron chi connectivity index (χ0n) is 14.6. The van der Waals surface area contributed by atoms with Crippen molar-refractivity contribution in [1.29, 1.82) is 0 Å². The van der Waals surface area contributed by atoms with Crippen LogP contribution in [0.2, 0.25) is 5.02 Å². The Morgan fingerprint density at radius 1 is 1.04 bits per heavy atom. The largest absolute Gasteiger partial charge is 0.497 e. The summed E-state index contributed by atoms with van der Waals surface area (Å²) < 4.78 is 16.0. The molecule has 2 aromatic carbocycles. The molecule has 0 saturated heterocycles. The lowest BCUT2D eigenvalue weighted by Gasteiger charge is -2.06. The number of furan rings is 1. The Hall–Kier alpha value is -3.25. The SMILES string of the molecule is COc1ccc2cc3cc(C(=O)Nc4ccc(OC)c(Cl)c4)oc3nc2c1. The maximum absolute atomic E-state index is 12.5. The number of methoxy groups -OCH3 is 2. The number of carbonyl (C=O) groups excluding carboxylic acids is 1. The first-order valence-electron chi connectivity index (χ1n) is 8.10. The Balaban J connectivity index is 1.65. The van der Waals surface area contributed by atoms with Gasteiger partial charge in [0.25, 0.3) is 5.91 Å². The molecule has 0 radical (unpaired) electrons. The van der Waals surface area contributed by atoms with Crippen LogP contribution in [0.5, 0.6) is 11.5 Å². The van der Waals surface area contributed by atoms with Crippen LogP contribution in [0.25, 0.3) is 22.0 Å². The van der Waals surface area contributed by atoms with Crippen molar-refractivity contribution in [3.63, 3.8) is 0 Å². The van der Waals surface area contributed by atoms with Crippen LogP contribution in [-0.2, 0) is 0 Å². The molecule has 2 aromatic heterocycles. The lowest BCUT2D eigenvalue weighted by Crippen LogP contribution is -2.10. The van der Waals surface area contributed by atoms with Crippen molar-refractivity contribution in [1.82, 2.24) is 4.98 Å².